The molecule has 4 nitrogen and oxygen atoms in total. The van der Waals surface area contributed by atoms with Gasteiger partial charge in [0.1, 0.15) is 11.9 Å². The van der Waals surface area contributed by atoms with Crippen LogP contribution < -0.4 is 0 Å². The minimum Gasteiger partial charge on any atom is -0.498 e. The number of nitrogens with zero attached hydrogens (tertiary/aromatic N) is 1. The SMILES string of the molecule is COC1=CC=C2N=C(C)CC[C@@]34C=C[C@H](O)C[C@@H]3OC1C24. The van der Waals surface area contributed by atoms with Gasteiger partial charge in [0.05, 0.1) is 19.3 Å². The van der Waals surface area contributed by atoms with Gasteiger partial charge >= 0.3 is 0 Å². The maximum atomic E-state index is 9.97. The van der Waals surface area contributed by atoms with Crippen LogP contribution in [0, 0.1) is 11.3 Å². The summed E-state index contributed by atoms with van der Waals surface area (Å²) in [6.45, 7) is 2.10. The van der Waals surface area contributed by atoms with Crippen LogP contribution >= 0.6 is 0 Å². The summed E-state index contributed by atoms with van der Waals surface area (Å²) in [5.74, 6) is 1.07. The van der Waals surface area contributed by atoms with Gasteiger partial charge in [-0.2, -0.15) is 0 Å². The number of aliphatic hydroxyl groups excluding tert-OH is 1. The third kappa shape index (κ3) is 1.79. The first-order valence-corrected chi connectivity index (χ1v) is 7.67. The highest BCUT2D eigenvalue weighted by Crippen LogP contribution is 2.58. The van der Waals surface area contributed by atoms with Crippen molar-refractivity contribution in [2.75, 3.05) is 7.11 Å². The number of hydrogen-bond donors (Lipinski definition) is 1. The number of hydrogen-bond acceptors (Lipinski definition) is 4. The Morgan fingerprint density at radius 3 is 3.10 bits per heavy atom. The molecule has 0 aromatic carbocycles. The van der Waals surface area contributed by atoms with Gasteiger partial charge in [0.25, 0.3) is 0 Å². The molecule has 2 aliphatic heterocycles. The third-order valence-electron chi connectivity index (χ3n) is 5.37. The van der Waals surface area contributed by atoms with Crippen molar-refractivity contribution in [2.45, 2.75) is 44.5 Å². The summed E-state index contributed by atoms with van der Waals surface area (Å²) < 4.78 is 11.8. The molecule has 0 aromatic heterocycles. The molecule has 112 valence electrons. The molecular weight excluding hydrogens is 266 g/mol. The Bertz CT molecular complexity index is 589. The Morgan fingerprint density at radius 1 is 1.43 bits per heavy atom. The molecule has 4 heteroatoms. The zero-order valence-electron chi connectivity index (χ0n) is 12.5. The summed E-state index contributed by atoms with van der Waals surface area (Å²) in [6.07, 6.45) is 10.4. The Labute approximate surface area is 124 Å². The van der Waals surface area contributed by atoms with E-state index in [1.165, 1.54) is 5.71 Å². The number of ether oxygens (including phenoxy) is 2. The van der Waals surface area contributed by atoms with Crippen molar-refractivity contribution in [3.63, 3.8) is 0 Å². The molecule has 0 radical (unpaired) electrons. The molecule has 2 aliphatic carbocycles. The lowest BCUT2D eigenvalue weighted by Gasteiger charge is -2.39. The lowest BCUT2D eigenvalue weighted by Crippen LogP contribution is -2.40. The average Bonchev–Trinajstić information content (AvgIpc) is 2.72. The molecular formula is C17H21NO3. The maximum Gasteiger partial charge on any atom is 0.125 e. The van der Waals surface area contributed by atoms with Gasteiger partial charge in [-0.1, -0.05) is 12.2 Å². The van der Waals surface area contributed by atoms with Gasteiger partial charge in [0, 0.05) is 29.2 Å². The predicted molar refractivity (Wildman–Crippen MR) is 79.9 cm³/mol. The summed E-state index contributed by atoms with van der Waals surface area (Å²) in [4.78, 5) is 4.81. The largest absolute Gasteiger partial charge is 0.498 e. The topological polar surface area (TPSA) is 51.0 Å². The van der Waals surface area contributed by atoms with Crippen LogP contribution in [-0.2, 0) is 9.47 Å². The summed E-state index contributed by atoms with van der Waals surface area (Å²) >= 11 is 0. The van der Waals surface area contributed by atoms with Gasteiger partial charge in [-0.25, -0.2) is 0 Å². The summed E-state index contributed by atoms with van der Waals surface area (Å²) in [5.41, 5.74) is 2.21. The van der Waals surface area contributed by atoms with Crippen molar-refractivity contribution in [1.29, 1.82) is 0 Å². The van der Waals surface area contributed by atoms with Crippen LogP contribution in [0.4, 0.5) is 0 Å². The zero-order valence-corrected chi connectivity index (χ0v) is 12.5. The van der Waals surface area contributed by atoms with E-state index in [-0.39, 0.29) is 23.5 Å². The number of rotatable bonds is 1. The number of methoxy groups -OCH3 is 1. The molecule has 5 atom stereocenters. The average molecular weight is 287 g/mol. The summed E-state index contributed by atoms with van der Waals surface area (Å²) in [7, 11) is 1.69. The van der Waals surface area contributed by atoms with E-state index in [1.54, 1.807) is 7.11 Å². The Morgan fingerprint density at radius 2 is 2.29 bits per heavy atom. The quantitative estimate of drug-likeness (QED) is 0.753. The van der Waals surface area contributed by atoms with E-state index in [0.717, 1.165) is 24.3 Å². The van der Waals surface area contributed by atoms with E-state index < -0.39 is 6.10 Å². The first kappa shape index (κ1) is 13.3. The van der Waals surface area contributed by atoms with Crippen molar-refractivity contribution in [3.05, 3.63) is 35.8 Å². The molecule has 4 aliphatic rings. The molecule has 1 fully saturated rings. The molecule has 1 spiro atoms. The van der Waals surface area contributed by atoms with Crippen molar-refractivity contribution in [2.24, 2.45) is 16.3 Å². The van der Waals surface area contributed by atoms with Crippen LogP contribution in [0.2, 0.25) is 0 Å². The smallest absolute Gasteiger partial charge is 0.125 e. The van der Waals surface area contributed by atoms with E-state index in [4.69, 9.17) is 14.5 Å². The first-order chi connectivity index (χ1) is 10.1. The highest BCUT2D eigenvalue weighted by atomic mass is 16.5. The summed E-state index contributed by atoms with van der Waals surface area (Å²) in [6, 6.07) is 0. The molecule has 1 saturated heterocycles. The molecule has 0 bridgehead atoms. The maximum absolute atomic E-state index is 9.97. The second-order valence-corrected chi connectivity index (χ2v) is 6.51. The Hall–Kier alpha value is -1.39. The number of aliphatic imine (C=N–C) groups is 1. The van der Waals surface area contributed by atoms with Crippen molar-refractivity contribution < 1.29 is 14.6 Å². The van der Waals surface area contributed by atoms with Crippen LogP contribution in [0.15, 0.2) is 40.8 Å². The van der Waals surface area contributed by atoms with Crippen molar-refractivity contribution in [1.82, 2.24) is 0 Å². The molecule has 1 N–H and O–H groups in total. The lowest BCUT2D eigenvalue weighted by atomic mass is 9.63. The second kappa shape index (κ2) is 4.55. The number of allylic oxidation sites excluding steroid dienone is 2. The number of aliphatic hydroxyl groups is 1. The standard InChI is InChI=1S/C17H21NO3/c1-10-5-7-17-8-6-11(19)9-14(17)21-16-13(20-2)4-3-12(18-10)15(16)17/h3-4,6,8,11,14-16,19H,5,7,9H2,1-2H3/t11-,14-,15?,16?,17+/m0/s1. The minimum absolute atomic E-state index is 0.0358. The van der Waals surface area contributed by atoms with Crippen molar-refractivity contribution >= 4 is 5.71 Å². The fraction of sp³-hybridized carbons (Fsp3) is 0.588. The first-order valence-electron chi connectivity index (χ1n) is 7.67. The molecule has 0 saturated carbocycles. The Balaban J connectivity index is 1.86. The molecule has 0 amide bonds. The normalized spacial score (nSPS) is 44.0. The zero-order chi connectivity index (χ0) is 14.6. The molecule has 21 heavy (non-hydrogen) atoms. The van der Waals surface area contributed by atoms with E-state index in [1.807, 2.05) is 12.2 Å². The molecule has 4 rings (SSSR count). The fourth-order valence-corrected chi connectivity index (χ4v) is 4.33. The van der Waals surface area contributed by atoms with Gasteiger partial charge in [-0.15, -0.1) is 0 Å². The van der Waals surface area contributed by atoms with E-state index in [0.29, 0.717) is 6.42 Å². The van der Waals surface area contributed by atoms with Crippen LogP contribution in [0.3, 0.4) is 0 Å². The fourth-order valence-electron chi connectivity index (χ4n) is 4.33. The van der Waals surface area contributed by atoms with Gasteiger partial charge < -0.3 is 14.6 Å². The van der Waals surface area contributed by atoms with Crippen LogP contribution in [-0.4, -0.2) is 36.2 Å². The lowest BCUT2D eigenvalue weighted by molar-refractivity contribution is -0.0137. The van der Waals surface area contributed by atoms with Gasteiger partial charge in [0.15, 0.2) is 0 Å². The van der Waals surface area contributed by atoms with Gasteiger partial charge in [-0.3, -0.25) is 4.99 Å². The summed E-state index contributed by atoms with van der Waals surface area (Å²) in [5, 5.41) is 9.97. The molecule has 2 heterocycles. The second-order valence-electron chi connectivity index (χ2n) is 6.51. The minimum atomic E-state index is -0.409. The predicted octanol–water partition coefficient (Wildman–Crippen LogP) is 2.36. The van der Waals surface area contributed by atoms with Crippen LogP contribution in [0.25, 0.3) is 0 Å². The van der Waals surface area contributed by atoms with Gasteiger partial charge in [0.2, 0.25) is 0 Å². The van der Waals surface area contributed by atoms with E-state index in [2.05, 4.69) is 19.1 Å². The van der Waals surface area contributed by atoms with Crippen molar-refractivity contribution in [3.8, 4) is 0 Å². The third-order valence-corrected chi connectivity index (χ3v) is 5.37. The molecule has 0 aromatic rings. The van der Waals surface area contributed by atoms with Gasteiger partial charge in [-0.05, 0) is 31.9 Å². The highest BCUT2D eigenvalue weighted by molar-refractivity contribution is 5.83. The molecule has 2 unspecified atom stereocenters. The van der Waals surface area contributed by atoms with Crippen LogP contribution in [0.5, 0.6) is 0 Å². The Kier molecular flexibility index (Phi) is 2.88. The van der Waals surface area contributed by atoms with E-state index >= 15 is 0 Å². The van der Waals surface area contributed by atoms with E-state index in [9.17, 15) is 5.11 Å². The monoisotopic (exact) mass is 287 g/mol. The van der Waals surface area contributed by atoms with Crippen LogP contribution in [0.1, 0.15) is 26.2 Å². The highest BCUT2D eigenvalue weighted by Gasteiger charge is 2.59.